The summed E-state index contributed by atoms with van der Waals surface area (Å²) in [4.78, 5) is 4.49. The van der Waals surface area contributed by atoms with Crippen molar-refractivity contribution in [2.75, 3.05) is 5.43 Å². The topological polar surface area (TPSA) is 46.5 Å². The minimum Gasteiger partial charge on any atom is -0.489 e. The number of halogens is 1. The van der Waals surface area contributed by atoms with Gasteiger partial charge in [-0.2, -0.15) is 5.10 Å². The Morgan fingerprint density at radius 1 is 1.04 bits per heavy atom. The van der Waals surface area contributed by atoms with Crippen molar-refractivity contribution >= 4 is 44.5 Å². The van der Waals surface area contributed by atoms with E-state index in [1.807, 2.05) is 72.8 Å². The minimum atomic E-state index is 0.421. The fraction of sp³-hybridized carbons (Fsp3) is 0.0476. The van der Waals surface area contributed by atoms with Crippen molar-refractivity contribution in [3.63, 3.8) is 0 Å². The highest BCUT2D eigenvalue weighted by Crippen LogP contribution is 2.25. The molecule has 0 aliphatic carbocycles. The summed E-state index contributed by atoms with van der Waals surface area (Å²) >= 11 is 7.73. The van der Waals surface area contributed by atoms with Gasteiger partial charge in [0.2, 0.25) is 5.13 Å². The molecule has 0 spiro atoms. The van der Waals surface area contributed by atoms with Gasteiger partial charge in [-0.3, -0.25) is 5.43 Å². The monoisotopic (exact) mass is 393 g/mol. The summed E-state index contributed by atoms with van der Waals surface area (Å²) in [5, 5.41) is 5.74. The number of aromatic nitrogens is 1. The second-order valence-electron chi connectivity index (χ2n) is 5.81. The zero-order chi connectivity index (χ0) is 18.5. The van der Waals surface area contributed by atoms with Gasteiger partial charge in [-0.25, -0.2) is 4.98 Å². The molecule has 0 saturated heterocycles. The van der Waals surface area contributed by atoms with Gasteiger partial charge in [0.05, 0.1) is 16.4 Å². The standard InChI is InChI=1S/C21H16ClN3OS/c22-18-9-2-1-7-16(18)14-26-17-8-5-6-15(12-17)13-23-25-21-24-19-10-3-4-11-20(19)27-21/h1-13H,14H2,(H,24,25)/b23-13+. The maximum Gasteiger partial charge on any atom is 0.204 e. The predicted octanol–water partition coefficient (Wildman–Crippen LogP) is 5.97. The number of thiazole rings is 1. The van der Waals surface area contributed by atoms with Gasteiger partial charge >= 0.3 is 0 Å². The summed E-state index contributed by atoms with van der Waals surface area (Å²) in [5.74, 6) is 0.763. The van der Waals surface area contributed by atoms with Gasteiger partial charge in [-0.05, 0) is 35.9 Å². The second kappa shape index (κ2) is 8.20. The number of nitrogens with zero attached hydrogens (tertiary/aromatic N) is 2. The van der Waals surface area contributed by atoms with Gasteiger partial charge in [0.15, 0.2) is 0 Å². The van der Waals surface area contributed by atoms with E-state index < -0.39 is 0 Å². The molecule has 4 aromatic rings. The molecule has 4 rings (SSSR count). The molecule has 134 valence electrons. The number of hydrogen-bond acceptors (Lipinski definition) is 5. The first kappa shape index (κ1) is 17.5. The Bertz CT molecular complexity index is 1060. The van der Waals surface area contributed by atoms with E-state index in [9.17, 15) is 0 Å². The molecule has 0 bridgehead atoms. The van der Waals surface area contributed by atoms with Gasteiger partial charge in [-0.1, -0.05) is 65.4 Å². The Hall–Kier alpha value is -2.89. The molecule has 0 saturated carbocycles. The summed E-state index contributed by atoms with van der Waals surface area (Å²) in [5.41, 5.74) is 5.84. The predicted molar refractivity (Wildman–Crippen MR) is 113 cm³/mol. The maximum atomic E-state index is 6.16. The molecule has 27 heavy (non-hydrogen) atoms. The third-order valence-corrected chi connectivity index (χ3v) is 5.19. The van der Waals surface area contributed by atoms with Crippen LogP contribution in [-0.2, 0) is 6.61 Å². The average molecular weight is 394 g/mol. The lowest BCUT2D eigenvalue weighted by atomic mass is 10.2. The third-order valence-electron chi connectivity index (χ3n) is 3.88. The van der Waals surface area contributed by atoms with Crippen molar-refractivity contribution in [2.24, 2.45) is 5.10 Å². The highest BCUT2D eigenvalue weighted by atomic mass is 35.5. The Morgan fingerprint density at radius 2 is 1.89 bits per heavy atom. The van der Waals surface area contributed by atoms with E-state index in [1.165, 1.54) is 0 Å². The molecule has 1 aromatic heterocycles. The van der Waals surface area contributed by atoms with Crippen LogP contribution in [0.5, 0.6) is 5.75 Å². The van der Waals surface area contributed by atoms with Crippen LogP contribution < -0.4 is 10.2 Å². The van der Waals surface area contributed by atoms with Crippen LogP contribution in [0.15, 0.2) is 77.9 Å². The minimum absolute atomic E-state index is 0.421. The second-order valence-corrected chi connectivity index (χ2v) is 7.25. The molecule has 0 aliphatic heterocycles. The van der Waals surface area contributed by atoms with E-state index in [0.29, 0.717) is 11.6 Å². The normalized spacial score (nSPS) is 11.1. The number of hydrogen-bond donors (Lipinski definition) is 1. The highest BCUT2D eigenvalue weighted by molar-refractivity contribution is 7.22. The molecule has 0 fully saturated rings. The summed E-state index contributed by atoms with van der Waals surface area (Å²) in [6, 6.07) is 23.4. The molecule has 0 atom stereocenters. The molecule has 0 amide bonds. The van der Waals surface area contributed by atoms with Crippen LogP contribution in [0.1, 0.15) is 11.1 Å². The van der Waals surface area contributed by atoms with Crippen LogP contribution in [0, 0.1) is 0 Å². The van der Waals surface area contributed by atoms with E-state index >= 15 is 0 Å². The lowest BCUT2D eigenvalue weighted by Gasteiger charge is -2.08. The van der Waals surface area contributed by atoms with E-state index in [1.54, 1.807) is 17.6 Å². The van der Waals surface area contributed by atoms with Crippen LogP contribution in [0.2, 0.25) is 5.02 Å². The summed E-state index contributed by atoms with van der Waals surface area (Å²) in [7, 11) is 0. The van der Waals surface area contributed by atoms with Crippen molar-refractivity contribution in [1.82, 2.24) is 4.98 Å². The van der Waals surface area contributed by atoms with Gasteiger partial charge in [0.25, 0.3) is 0 Å². The average Bonchev–Trinajstić information content (AvgIpc) is 3.10. The number of ether oxygens (including phenoxy) is 1. The molecule has 0 radical (unpaired) electrons. The summed E-state index contributed by atoms with van der Waals surface area (Å²) in [6.07, 6.45) is 1.74. The molecule has 3 aromatic carbocycles. The zero-order valence-corrected chi connectivity index (χ0v) is 15.9. The quantitative estimate of drug-likeness (QED) is 0.324. The number of fused-ring (bicyclic) bond motifs is 1. The lowest BCUT2D eigenvalue weighted by molar-refractivity contribution is 0.306. The van der Waals surface area contributed by atoms with E-state index in [-0.39, 0.29) is 0 Å². The van der Waals surface area contributed by atoms with Crippen LogP contribution in [0.4, 0.5) is 5.13 Å². The first-order valence-electron chi connectivity index (χ1n) is 8.39. The van der Waals surface area contributed by atoms with Gasteiger partial charge in [0, 0.05) is 10.6 Å². The molecular weight excluding hydrogens is 378 g/mol. The Morgan fingerprint density at radius 3 is 2.78 bits per heavy atom. The molecule has 0 unspecified atom stereocenters. The number of hydrazone groups is 1. The van der Waals surface area contributed by atoms with Crippen molar-refractivity contribution in [3.05, 3.63) is 88.9 Å². The number of nitrogens with one attached hydrogen (secondary N) is 1. The Labute approximate surface area is 166 Å². The van der Waals surface area contributed by atoms with Crippen LogP contribution >= 0.6 is 22.9 Å². The Balaban J connectivity index is 1.39. The Kier molecular flexibility index (Phi) is 5.32. The third kappa shape index (κ3) is 4.45. The molecule has 0 aliphatic rings. The lowest BCUT2D eigenvalue weighted by Crippen LogP contribution is -1.97. The van der Waals surface area contributed by atoms with Crippen LogP contribution in [0.3, 0.4) is 0 Å². The van der Waals surface area contributed by atoms with Crippen molar-refractivity contribution in [2.45, 2.75) is 6.61 Å². The molecular formula is C21H16ClN3OS. The number of benzene rings is 3. The highest BCUT2D eigenvalue weighted by Gasteiger charge is 2.02. The van der Waals surface area contributed by atoms with E-state index in [2.05, 4.69) is 15.5 Å². The number of para-hydroxylation sites is 1. The van der Waals surface area contributed by atoms with Gasteiger partial charge in [-0.15, -0.1) is 0 Å². The fourth-order valence-electron chi connectivity index (χ4n) is 2.54. The van der Waals surface area contributed by atoms with Crippen molar-refractivity contribution < 1.29 is 4.74 Å². The number of rotatable bonds is 6. The molecule has 4 nitrogen and oxygen atoms in total. The van der Waals surface area contributed by atoms with E-state index in [4.69, 9.17) is 16.3 Å². The van der Waals surface area contributed by atoms with Gasteiger partial charge < -0.3 is 4.74 Å². The summed E-state index contributed by atoms with van der Waals surface area (Å²) < 4.78 is 6.97. The molecule has 6 heteroatoms. The van der Waals surface area contributed by atoms with E-state index in [0.717, 1.165) is 32.2 Å². The summed E-state index contributed by atoms with van der Waals surface area (Å²) in [6.45, 7) is 0.421. The van der Waals surface area contributed by atoms with Crippen LogP contribution in [-0.4, -0.2) is 11.2 Å². The first-order chi connectivity index (χ1) is 13.3. The fourth-order valence-corrected chi connectivity index (χ4v) is 3.55. The molecule has 1 heterocycles. The smallest absolute Gasteiger partial charge is 0.204 e. The number of anilines is 1. The zero-order valence-electron chi connectivity index (χ0n) is 14.3. The molecule has 1 N–H and O–H groups in total. The van der Waals surface area contributed by atoms with Crippen LogP contribution in [0.25, 0.3) is 10.2 Å². The van der Waals surface area contributed by atoms with Gasteiger partial charge in [0.1, 0.15) is 12.4 Å². The maximum absolute atomic E-state index is 6.16. The first-order valence-corrected chi connectivity index (χ1v) is 9.58. The SMILES string of the molecule is Clc1ccccc1COc1cccc(/C=N/Nc2nc3ccccc3s2)c1. The largest absolute Gasteiger partial charge is 0.489 e. The van der Waals surface area contributed by atoms with Crippen molar-refractivity contribution in [1.29, 1.82) is 0 Å². The van der Waals surface area contributed by atoms with Crippen molar-refractivity contribution in [3.8, 4) is 5.75 Å².